The summed E-state index contributed by atoms with van der Waals surface area (Å²) in [6.07, 6.45) is 3.53. The van der Waals surface area contributed by atoms with E-state index in [1.807, 2.05) is 0 Å². The third-order valence-corrected chi connectivity index (χ3v) is 1.61. The number of rotatable bonds is 4. The predicted octanol–water partition coefficient (Wildman–Crippen LogP) is 3.42. The highest BCUT2D eigenvalue weighted by Crippen LogP contribution is 2.17. The Balaban J connectivity index is 4.00. The van der Waals surface area contributed by atoms with Crippen LogP contribution >= 0.6 is 0 Å². The van der Waals surface area contributed by atoms with E-state index < -0.39 is 5.67 Å². The first-order valence-electron chi connectivity index (χ1n) is 4.30. The van der Waals surface area contributed by atoms with E-state index >= 15 is 0 Å². The maximum absolute atomic E-state index is 12.9. The van der Waals surface area contributed by atoms with E-state index in [2.05, 4.69) is 0 Å². The summed E-state index contributed by atoms with van der Waals surface area (Å²) < 4.78 is 12.9. The van der Waals surface area contributed by atoms with E-state index in [4.69, 9.17) is 10.2 Å². The highest BCUT2D eigenvalue weighted by Gasteiger charge is 2.13. The van der Waals surface area contributed by atoms with Crippen molar-refractivity contribution in [2.24, 2.45) is 0 Å². The fourth-order valence-corrected chi connectivity index (χ4v) is 0.805. The molecular formula is C10H17FO2. The standard InChI is InChI=1S/C10H17FO2/c1-4-8(12)9(13)6-5-7-10(2,3)11/h4,6,12-13H,5,7H2,1-3H3/b8-4+,9-6+. The van der Waals surface area contributed by atoms with Crippen LogP contribution in [0.2, 0.25) is 0 Å². The Labute approximate surface area is 78.4 Å². The highest BCUT2D eigenvalue weighted by molar-refractivity contribution is 5.16. The van der Waals surface area contributed by atoms with Gasteiger partial charge in [0.15, 0.2) is 11.5 Å². The lowest BCUT2D eigenvalue weighted by Crippen LogP contribution is -2.10. The van der Waals surface area contributed by atoms with Gasteiger partial charge in [-0.2, -0.15) is 0 Å². The fourth-order valence-electron chi connectivity index (χ4n) is 0.805. The summed E-state index contributed by atoms with van der Waals surface area (Å²) in [5.74, 6) is -0.358. The van der Waals surface area contributed by atoms with Crippen molar-refractivity contribution in [3.63, 3.8) is 0 Å². The topological polar surface area (TPSA) is 40.5 Å². The van der Waals surface area contributed by atoms with Gasteiger partial charge in [-0.3, -0.25) is 0 Å². The van der Waals surface area contributed by atoms with Crippen molar-refractivity contribution in [3.8, 4) is 0 Å². The van der Waals surface area contributed by atoms with Crippen LogP contribution in [0, 0.1) is 0 Å². The Kier molecular flexibility index (Phi) is 4.52. The molecular weight excluding hydrogens is 171 g/mol. The summed E-state index contributed by atoms with van der Waals surface area (Å²) >= 11 is 0. The van der Waals surface area contributed by atoms with E-state index in [1.54, 1.807) is 6.92 Å². The first kappa shape index (κ1) is 12.0. The second-order valence-corrected chi connectivity index (χ2v) is 3.52. The number of halogens is 1. The van der Waals surface area contributed by atoms with E-state index in [0.717, 1.165) is 0 Å². The van der Waals surface area contributed by atoms with E-state index in [1.165, 1.54) is 26.0 Å². The van der Waals surface area contributed by atoms with Gasteiger partial charge in [0.25, 0.3) is 0 Å². The number of hydrogen-bond donors (Lipinski definition) is 2. The average Bonchev–Trinajstić information content (AvgIpc) is 2.00. The number of alkyl halides is 1. The quantitative estimate of drug-likeness (QED) is 0.524. The molecule has 0 aromatic heterocycles. The van der Waals surface area contributed by atoms with Crippen molar-refractivity contribution in [3.05, 3.63) is 23.7 Å². The van der Waals surface area contributed by atoms with Crippen LogP contribution in [-0.4, -0.2) is 15.9 Å². The van der Waals surface area contributed by atoms with Crippen LogP contribution in [0.25, 0.3) is 0 Å². The van der Waals surface area contributed by atoms with Crippen LogP contribution in [0.3, 0.4) is 0 Å². The van der Waals surface area contributed by atoms with Gasteiger partial charge >= 0.3 is 0 Å². The van der Waals surface area contributed by atoms with Crippen molar-refractivity contribution >= 4 is 0 Å². The van der Waals surface area contributed by atoms with Gasteiger partial charge in [0.05, 0.1) is 0 Å². The third-order valence-electron chi connectivity index (χ3n) is 1.61. The smallest absolute Gasteiger partial charge is 0.152 e. The summed E-state index contributed by atoms with van der Waals surface area (Å²) in [4.78, 5) is 0. The zero-order valence-electron chi connectivity index (χ0n) is 8.34. The van der Waals surface area contributed by atoms with E-state index in [0.29, 0.717) is 12.8 Å². The van der Waals surface area contributed by atoms with Crippen LogP contribution in [0.1, 0.15) is 33.6 Å². The number of aliphatic hydroxyl groups excluding tert-OH is 2. The first-order chi connectivity index (χ1) is 5.87. The van der Waals surface area contributed by atoms with E-state index in [-0.39, 0.29) is 11.5 Å². The van der Waals surface area contributed by atoms with Gasteiger partial charge in [-0.1, -0.05) is 0 Å². The van der Waals surface area contributed by atoms with Gasteiger partial charge in [0.1, 0.15) is 5.67 Å². The second-order valence-electron chi connectivity index (χ2n) is 3.52. The maximum Gasteiger partial charge on any atom is 0.152 e. The molecule has 0 saturated carbocycles. The normalized spacial score (nSPS) is 14.8. The van der Waals surface area contributed by atoms with Crippen LogP contribution in [-0.2, 0) is 0 Å². The lowest BCUT2D eigenvalue weighted by atomic mass is 10.0. The van der Waals surface area contributed by atoms with Crippen molar-refractivity contribution in [2.45, 2.75) is 39.3 Å². The molecule has 0 unspecified atom stereocenters. The minimum Gasteiger partial charge on any atom is -0.504 e. The minimum absolute atomic E-state index is 0.170. The molecule has 0 fully saturated rings. The molecule has 2 nitrogen and oxygen atoms in total. The first-order valence-corrected chi connectivity index (χ1v) is 4.30. The van der Waals surface area contributed by atoms with Crippen LogP contribution in [0.4, 0.5) is 4.39 Å². The molecule has 0 aromatic rings. The lowest BCUT2D eigenvalue weighted by molar-refractivity contribution is 0.202. The molecule has 76 valence electrons. The Morgan fingerprint density at radius 1 is 1.31 bits per heavy atom. The molecule has 0 aliphatic heterocycles. The van der Waals surface area contributed by atoms with Crippen molar-refractivity contribution in [1.29, 1.82) is 0 Å². The summed E-state index contributed by atoms with van der Waals surface area (Å²) in [6.45, 7) is 4.57. The molecule has 0 saturated heterocycles. The number of aliphatic hydroxyl groups is 2. The van der Waals surface area contributed by atoms with Crippen molar-refractivity contribution < 1.29 is 14.6 Å². The zero-order valence-corrected chi connectivity index (χ0v) is 8.34. The van der Waals surface area contributed by atoms with Crippen LogP contribution in [0.15, 0.2) is 23.7 Å². The minimum atomic E-state index is -1.23. The van der Waals surface area contributed by atoms with Gasteiger partial charge in [-0.25, -0.2) is 4.39 Å². The Morgan fingerprint density at radius 2 is 1.85 bits per heavy atom. The monoisotopic (exact) mass is 188 g/mol. The van der Waals surface area contributed by atoms with Crippen LogP contribution in [0.5, 0.6) is 0 Å². The fraction of sp³-hybridized carbons (Fsp3) is 0.600. The molecule has 0 radical (unpaired) electrons. The molecule has 0 atom stereocenters. The predicted molar refractivity (Wildman–Crippen MR) is 51.5 cm³/mol. The zero-order chi connectivity index (χ0) is 10.5. The van der Waals surface area contributed by atoms with Crippen molar-refractivity contribution in [2.75, 3.05) is 0 Å². The molecule has 2 N–H and O–H groups in total. The summed E-state index contributed by atoms with van der Waals surface area (Å²) in [5, 5.41) is 18.1. The molecule has 0 rings (SSSR count). The van der Waals surface area contributed by atoms with Gasteiger partial charge in [0, 0.05) is 0 Å². The third kappa shape index (κ3) is 6.20. The van der Waals surface area contributed by atoms with Crippen LogP contribution < -0.4 is 0 Å². The van der Waals surface area contributed by atoms with Gasteiger partial charge in [0.2, 0.25) is 0 Å². The van der Waals surface area contributed by atoms with Gasteiger partial charge < -0.3 is 10.2 Å². The Morgan fingerprint density at radius 3 is 2.23 bits per heavy atom. The molecule has 0 heterocycles. The second kappa shape index (κ2) is 4.90. The molecule has 13 heavy (non-hydrogen) atoms. The number of allylic oxidation sites excluding steroid dienone is 2. The summed E-state index contributed by atoms with van der Waals surface area (Å²) in [5.41, 5.74) is -1.23. The Bertz CT molecular complexity index is 211. The highest BCUT2D eigenvalue weighted by atomic mass is 19.1. The van der Waals surface area contributed by atoms with Gasteiger partial charge in [-0.05, 0) is 45.8 Å². The van der Waals surface area contributed by atoms with E-state index in [9.17, 15) is 4.39 Å². The lowest BCUT2D eigenvalue weighted by Gasteiger charge is -2.11. The molecule has 0 aromatic carbocycles. The molecule has 0 spiro atoms. The van der Waals surface area contributed by atoms with Gasteiger partial charge in [-0.15, -0.1) is 0 Å². The molecule has 0 amide bonds. The molecule has 0 aliphatic carbocycles. The SMILES string of the molecule is C/C=C(O)\C(O)=C/CCC(C)(C)F. The van der Waals surface area contributed by atoms with Crippen molar-refractivity contribution in [1.82, 2.24) is 0 Å². The summed E-state index contributed by atoms with van der Waals surface area (Å²) in [6, 6.07) is 0. The number of hydrogen-bond acceptors (Lipinski definition) is 2. The molecule has 0 bridgehead atoms. The largest absolute Gasteiger partial charge is 0.504 e. The average molecular weight is 188 g/mol. The molecule has 0 aliphatic rings. The molecule has 3 heteroatoms. The summed E-state index contributed by atoms with van der Waals surface area (Å²) in [7, 11) is 0. The Hall–Kier alpha value is -0.990. The maximum atomic E-state index is 12.9.